The van der Waals surface area contributed by atoms with Gasteiger partial charge in [-0.25, -0.2) is 9.97 Å². The second-order valence-corrected chi connectivity index (χ2v) is 7.49. The zero-order valence-electron chi connectivity index (χ0n) is 15.7. The summed E-state index contributed by atoms with van der Waals surface area (Å²) in [6, 6.07) is 16.2. The first-order chi connectivity index (χ1) is 14.7. The number of benzene rings is 2. The van der Waals surface area contributed by atoms with Crippen LogP contribution in [0.25, 0.3) is 60.6 Å². The van der Waals surface area contributed by atoms with E-state index >= 15 is 0 Å². The standard InChI is InChI=1S/C22H16N8/c23-21-27-17-15-11-6-2-4-8-14(11)26-20(15)30-19(18(17)28-21)16(29-22(30)24)12-9-25-13-7-3-1-5-10(12)13/h1-9,25-26H,(H2,24,29)(H3,23,27,28). The summed E-state index contributed by atoms with van der Waals surface area (Å²) >= 11 is 0. The summed E-state index contributed by atoms with van der Waals surface area (Å²) in [4.78, 5) is 19.5. The summed E-state index contributed by atoms with van der Waals surface area (Å²) in [5.74, 6) is 0.756. The number of imidazole rings is 2. The van der Waals surface area contributed by atoms with Crippen molar-refractivity contribution in [2.75, 3.05) is 11.5 Å². The lowest BCUT2D eigenvalue weighted by atomic mass is 10.1. The molecular formula is C22H16N8. The lowest BCUT2D eigenvalue weighted by molar-refractivity contribution is 1.20. The minimum Gasteiger partial charge on any atom is -0.369 e. The highest BCUT2D eigenvalue weighted by Crippen LogP contribution is 2.40. The number of hydrogen-bond donors (Lipinski definition) is 5. The van der Waals surface area contributed by atoms with Crippen molar-refractivity contribution in [2.45, 2.75) is 0 Å². The van der Waals surface area contributed by atoms with Crippen LogP contribution in [-0.2, 0) is 0 Å². The number of nitrogens with zero attached hydrogens (tertiary/aromatic N) is 3. The predicted octanol–water partition coefficient (Wildman–Crippen LogP) is 4.16. The van der Waals surface area contributed by atoms with E-state index in [1.165, 1.54) is 0 Å². The Morgan fingerprint density at radius 3 is 2.47 bits per heavy atom. The molecular weight excluding hydrogens is 376 g/mol. The van der Waals surface area contributed by atoms with Crippen LogP contribution >= 0.6 is 0 Å². The summed E-state index contributed by atoms with van der Waals surface area (Å²) in [5.41, 5.74) is 19.7. The predicted molar refractivity (Wildman–Crippen MR) is 120 cm³/mol. The molecule has 7 rings (SSSR count). The molecule has 5 heterocycles. The molecule has 0 bridgehead atoms. The molecule has 0 unspecified atom stereocenters. The third kappa shape index (κ3) is 1.76. The number of para-hydroxylation sites is 2. The van der Waals surface area contributed by atoms with E-state index in [2.05, 4.69) is 32.1 Å². The zero-order chi connectivity index (χ0) is 20.0. The number of hydrogen-bond acceptors (Lipinski definition) is 4. The molecule has 144 valence electrons. The Hall–Kier alpha value is -4.46. The fourth-order valence-electron chi connectivity index (χ4n) is 4.63. The van der Waals surface area contributed by atoms with Crippen LogP contribution in [0.15, 0.2) is 54.7 Å². The maximum Gasteiger partial charge on any atom is 0.207 e. The Kier molecular flexibility index (Phi) is 2.64. The minimum atomic E-state index is 0.356. The molecule has 0 saturated carbocycles. The van der Waals surface area contributed by atoms with E-state index in [1.807, 2.05) is 47.0 Å². The molecule has 8 nitrogen and oxygen atoms in total. The molecule has 0 atom stereocenters. The van der Waals surface area contributed by atoms with E-state index in [0.29, 0.717) is 11.9 Å². The normalized spacial score (nSPS) is 12.3. The molecule has 2 aromatic carbocycles. The van der Waals surface area contributed by atoms with E-state index in [9.17, 15) is 0 Å². The maximum atomic E-state index is 6.47. The van der Waals surface area contributed by atoms with Crippen LogP contribution < -0.4 is 11.5 Å². The first-order valence-electron chi connectivity index (χ1n) is 9.62. The number of aromatic amines is 3. The first kappa shape index (κ1) is 15.5. The maximum absolute atomic E-state index is 6.47. The van der Waals surface area contributed by atoms with Crippen LogP contribution in [0.4, 0.5) is 11.9 Å². The van der Waals surface area contributed by atoms with Gasteiger partial charge in [0.15, 0.2) is 5.95 Å². The molecule has 30 heavy (non-hydrogen) atoms. The lowest BCUT2D eigenvalue weighted by Crippen LogP contribution is -1.96. The molecule has 0 radical (unpaired) electrons. The number of aromatic nitrogens is 6. The monoisotopic (exact) mass is 392 g/mol. The Morgan fingerprint density at radius 2 is 1.60 bits per heavy atom. The number of fused-ring (bicyclic) bond motifs is 9. The average Bonchev–Trinajstić information content (AvgIpc) is 3.49. The molecule has 0 aliphatic carbocycles. The highest BCUT2D eigenvalue weighted by atomic mass is 15.2. The molecule has 7 N–H and O–H groups in total. The van der Waals surface area contributed by atoms with Gasteiger partial charge in [0, 0.05) is 33.6 Å². The van der Waals surface area contributed by atoms with Gasteiger partial charge in [-0.15, -0.1) is 0 Å². The lowest BCUT2D eigenvalue weighted by Gasteiger charge is -2.03. The van der Waals surface area contributed by atoms with Gasteiger partial charge in [0.25, 0.3) is 0 Å². The second kappa shape index (κ2) is 5.12. The van der Waals surface area contributed by atoms with Crippen LogP contribution in [0, 0.1) is 0 Å². The fraction of sp³-hybridized carbons (Fsp3) is 0. The largest absolute Gasteiger partial charge is 0.369 e. The van der Waals surface area contributed by atoms with Crippen molar-refractivity contribution < 1.29 is 0 Å². The van der Waals surface area contributed by atoms with E-state index in [-0.39, 0.29) is 0 Å². The molecule has 5 aromatic heterocycles. The number of rotatable bonds is 1. The molecule has 0 aliphatic heterocycles. The van der Waals surface area contributed by atoms with Gasteiger partial charge in [-0.05, 0) is 12.1 Å². The van der Waals surface area contributed by atoms with Gasteiger partial charge in [-0.2, -0.15) is 0 Å². The summed E-state index contributed by atoms with van der Waals surface area (Å²) in [7, 11) is 0. The van der Waals surface area contributed by atoms with Gasteiger partial charge in [0.2, 0.25) is 5.95 Å². The number of H-pyrrole nitrogens is 3. The van der Waals surface area contributed by atoms with Gasteiger partial charge < -0.3 is 26.4 Å². The van der Waals surface area contributed by atoms with Crippen LogP contribution in [-0.4, -0.2) is 29.3 Å². The molecule has 0 amide bonds. The SMILES string of the molecule is Nc1nc2c([nH]1)c1c(-c3c[nH]c4ccccc34)nc(N)n1c1[nH]c3ccccc3c21. The van der Waals surface area contributed by atoms with E-state index in [1.54, 1.807) is 0 Å². The van der Waals surface area contributed by atoms with Crippen molar-refractivity contribution in [3.05, 3.63) is 54.7 Å². The number of anilines is 2. The zero-order valence-corrected chi connectivity index (χ0v) is 15.7. The van der Waals surface area contributed by atoms with Gasteiger partial charge in [0.1, 0.15) is 22.4 Å². The summed E-state index contributed by atoms with van der Waals surface area (Å²) in [6.07, 6.45) is 1.97. The average molecular weight is 392 g/mol. The van der Waals surface area contributed by atoms with E-state index in [4.69, 9.17) is 16.5 Å². The summed E-state index contributed by atoms with van der Waals surface area (Å²) in [6.45, 7) is 0. The number of nitrogens with one attached hydrogen (secondary N) is 3. The smallest absolute Gasteiger partial charge is 0.207 e. The van der Waals surface area contributed by atoms with Crippen LogP contribution in [0.5, 0.6) is 0 Å². The summed E-state index contributed by atoms with van der Waals surface area (Å²) < 4.78 is 1.95. The molecule has 0 spiro atoms. The topological polar surface area (TPSA) is 130 Å². The fourth-order valence-corrected chi connectivity index (χ4v) is 4.63. The Balaban J connectivity index is 1.76. The van der Waals surface area contributed by atoms with Crippen molar-refractivity contribution in [2.24, 2.45) is 0 Å². The Bertz CT molecular complexity index is 1780. The molecule has 0 aliphatic rings. The van der Waals surface area contributed by atoms with Gasteiger partial charge in [-0.1, -0.05) is 36.4 Å². The van der Waals surface area contributed by atoms with E-state index in [0.717, 1.165) is 60.6 Å². The van der Waals surface area contributed by atoms with Gasteiger partial charge >= 0.3 is 0 Å². The van der Waals surface area contributed by atoms with Crippen molar-refractivity contribution >= 4 is 61.3 Å². The number of nitrogens with two attached hydrogens (primary N) is 2. The molecule has 7 aromatic rings. The van der Waals surface area contributed by atoms with Crippen LogP contribution in [0.1, 0.15) is 0 Å². The second-order valence-electron chi connectivity index (χ2n) is 7.49. The Labute approximate surface area is 168 Å². The van der Waals surface area contributed by atoms with Gasteiger partial charge in [-0.3, -0.25) is 4.40 Å². The third-order valence-electron chi connectivity index (χ3n) is 5.85. The number of pyridine rings is 1. The van der Waals surface area contributed by atoms with Crippen LogP contribution in [0.3, 0.4) is 0 Å². The van der Waals surface area contributed by atoms with Crippen molar-refractivity contribution in [3.8, 4) is 11.3 Å². The van der Waals surface area contributed by atoms with Crippen molar-refractivity contribution in [1.29, 1.82) is 0 Å². The summed E-state index contributed by atoms with van der Waals surface area (Å²) in [5, 5.41) is 3.11. The quantitative estimate of drug-likeness (QED) is 0.287. The highest BCUT2D eigenvalue weighted by Gasteiger charge is 2.23. The molecule has 0 saturated heterocycles. The Morgan fingerprint density at radius 1 is 0.833 bits per heavy atom. The third-order valence-corrected chi connectivity index (χ3v) is 5.85. The van der Waals surface area contributed by atoms with Crippen molar-refractivity contribution in [3.63, 3.8) is 0 Å². The first-order valence-corrected chi connectivity index (χ1v) is 9.62. The van der Waals surface area contributed by atoms with E-state index < -0.39 is 0 Å². The molecule has 8 heteroatoms. The van der Waals surface area contributed by atoms with Crippen molar-refractivity contribution in [1.82, 2.24) is 29.3 Å². The minimum absolute atomic E-state index is 0.356. The molecule has 0 fully saturated rings. The van der Waals surface area contributed by atoms with Crippen LogP contribution in [0.2, 0.25) is 0 Å². The highest BCUT2D eigenvalue weighted by molar-refractivity contribution is 6.22. The number of nitrogen functional groups attached to an aromatic ring is 2. The van der Waals surface area contributed by atoms with Gasteiger partial charge in [0.05, 0.1) is 10.9 Å².